The topological polar surface area (TPSA) is 21.7 Å². The van der Waals surface area contributed by atoms with E-state index in [0.29, 0.717) is 0 Å². The van der Waals surface area contributed by atoms with Crippen LogP contribution in [0.2, 0.25) is 0 Å². The van der Waals surface area contributed by atoms with Crippen molar-refractivity contribution in [2.45, 2.75) is 6.54 Å². The maximum absolute atomic E-state index is 5.38. The van der Waals surface area contributed by atoms with Crippen molar-refractivity contribution < 1.29 is 9.47 Å². The monoisotopic (exact) mass is 231 g/mol. The maximum atomic E-state index is 5.38. The Morgan fingerprint density at radius 1 is 1.18 bits per heavy atom. The van der Waals surface area contributed by atoms with Crippen LogP contribution >= 0.6 is 0 Å². The molecule has 0 saturated carbocycles. The molecule has 0 bridgehead atoms. The average molecular weight is 231 g/mol. The van der Waals surface area contributed by atoms with Crippen LogP contribution in [0.4, 0.5) is 0 Å². The lowest BCUT2D eigenvalue weighted by atomic mass is 10.1. The summed E-state index contributed by atoms with van der Waals surface area (Å²) in [7, 11) is 3.34. The van der Waals surface area contributed by atoms with Gasteiger partial charge >= 0.3 is 0 Å². The molecular formula is C14H17NO2. The van der Waals surface area contributed by atoms with E-state index in [1.165, 1.54) is 0 Å². The Kier molecular flexibility index (Phi) is 3.70. The van der Waals surface area contributed by atoms with Crippen LogP contribution in [0.1, 0.15) is 5.56 Å². The van der Waals surface area contributed by atoms with E-state index in [1.807, 2.05) is 24.3 Å². The quantitative estimate of drug-likeness (QED) is 0.795. The van der Waals surface area contributed by atoms with Crippen LogP contribution in [0.5, 0.6) is 11.5 Å². The standard InChI is InChI=1S/C14H17NO2/c1-16-13-7-6-12(14(10-13)17-2)11-15-8-4-3-5-9-15/h3-8,10H,9,11H2,1-2H3. The Bertz CT molecular complexity index is 438. The van der Waals surface area contributed by atoms with Gasteiger partial charge in [-0.2, -0.15) is 0 Å². The molecule has 0 spiro atoms. The lowest BCUT2D eigenvalue weighted by Gasteiger charge is -2.21. The van der Waals surface area contributed by atoms with E-state index in [0.717, 1.165) is 30.2 Å². The highest BCUT2D eigenvalue weighted by Gasteiger charge is 2.08. The third-order valence-corrected chi connectivity index (χ3v) is 2.75. The predicted molar refractivity (Wildman–Crippen MR) is 68.2 cm³/mol. The molecule has 1 aliphatic heterocycles. The number of rotatable bonds is 4. The Morgan fingerprint density at radius 2 is 2.06 bits per heavy atom. The van der Waals surface area contributed by atoms with Gasteiger partial charge in [-0.1, -0.05) is 12.2 Å². The summed E-state index contributed by atoms with van der Waals surface area (Å²) in [6.45, 7) is 1.78. The van der Waals surface area contributed by atoms with Crippen molar-refractivity contribution in [3.63, 3.8) is 0 Å². The molecule has 1 heterocycles. The molecule has 0 atom stereocenters. The molecule has 2 rings (SSSR count). The van der Waals surface area contributed by atoms with Crippen molar-refractivity contribution >= 4 is 0 Å². The Hall–Kier alpha value is -1.90. The SMILES string of the molecule is COc1ccc(CN2C=CC=CC2)c(OC)c1. The summed E-state index contributed by atoms with van der Waals surface area (Å²) in [5.74, 6) is 1.69. The minimum Gasteiger partial charge on any atom is -0.497 e. The smallest absolute Gasteiger partial charge is 0.127 e. The molecule has 0 fully saturated rings. The van der Waals surface area contributed by atoms with Crippen LogP contribution in [0.25, 0.3) is 0 Å². The highest BCUT2D eigenvalue weighted by molar-refractivity contribution is 5.40. The van der Waals surface area contributed by atoms with Crippen LogP contribution in [0.15, 0.2) is 42.6 Å². The highest BCUT2D eigenvalue weighted by atomic mass is 16.5. The van der Waals surface area contributed by atoms with E-state index < -0.39 is 0 Å². The molecule has 3 heteroatoms. The number of ether oxygens (including phenoxy) is 2. The molecule has 90 valence electrons. The zero-order valence-corrected chi connectivity index (χ0v) is 10.2. The number of hydrogen-bond acceptors (Lipinski definition) is 3. The lowest BCUT2D eigenvalue weighted by molar-refractivity contribution is 0.367. The van der Waals surface area contributed by atoms with Crippen LogP contribution in [0, 0.1) is 0 Å². The largest absolute Gasteiger partial charge is 0.497 e. The van der Waals surface area contributed by atoms with Crippen LogP contribution in [-0.2, 0) is 6.54 Å². The first kappa shape index (κ1) is 11.6. The molecule has 3 nitrogen and oxygen atoms in total. The van der Waals surface area contributed by atoms with Gasteiger partial charge in [0.15, 0.2) is 0 Å². The summed E-state index contributed by atoms with van der Waals surface area (Å²) < 4.78 is 10.6. The number of allylic oxidation sites excluding steroid dienone is 2. The third-order valence-electron chi connectivity index (χ3n) is 2.75. The van der Waals surface area contributed by atoms with E-state index >= 15 is 0 Å². The minimum absolute atomic E-state index is 0.819. The molecule has 0 N–H and O–H groups in total. The molecule has 1 aliphatic rings. The van der Waals surface area contributed by atoms with E-state index in [9.17, 15) is 0 Å². The van der Waals surface area contributed by atoms with Crippen LogP contribution < -0.4 is 9.47 Å². The van der Waals surface area contributed by atoms with E-state index in [-0.39, 0.29) is 0 Å². The van der Waals surface area contributed by atoms with Crippen molar-refractivity contribution in [1.29, 1.82) is 0 Å². The molecule has 0 unspecified atom stereocenters. The Labute approximate surface area is 102 Å². The molecule has 1 aromatic carbocycles. The predicted octanol–water partition coefficient (Wildman–Crippen LogP) is 2.59. The van der Waals surface area contributed by atoms with Crippen molar-refractivity contribution in [2.24, 2.45) is 0 Å². The van der Waals surface area contributed by atoms with Crippen molar-refractivity contribution in [3.05, 3.63) is 48.2 Å². The summed E-state index contributed by atoms with van der Waals surface area (Å²) in [6.07, 6.45) is 8.32. The second-order valence-corrected chi connectivity index (χ2v) is 3.88. The minimum atomic E-state index is 0.819. The summed E-state index contributed by atoms with van der Waals surface area (Å²) in [5, 5.41) is 0. The van der Waals surface area contributed by atoms with Crippen LogP contribution in [-0.4, -0.2) is 25.7 Å². The Balaban J connectivity index is 2.14. The zero-order chi connectivity index (χ0) is 12.1. The number of benzene rings is 1. The van der Waals surface area contributed by atoms with Gasteiger partial charge in [0.1, 0.15) is 11.5 Å². The second kappa shape index (κ2) is 5.43. The van der Waals surface area contributed by atoms with Gasteiger partial charge in [0.2, 0.25) is 0 Å². The van der Waals surface area contributed by atoms with Gasteiger partial charge in [0.05, 0.1) is 14.2 Å². The number of nitrogens with zero attached hydrogens (tertiary/aromatic N) is 1. The van der Waals surface area contributed by atoms with E-state index in [4.69, 9.17) is 9.47 Å². The molecular weight excluding hydrogens is 214 g/mol. The maximum Gasteiger partial charge on any atom is 0.127 e. The molecule has 0 aliphatic carbocycles. The first-order valence-corrected chi connectivity index (χ1v) is 5.62. The van der Waals surface area contributed by atoms with Crippen LogP contribution in [0.3, 0.4) is 0 Å². The van der Waals surface area contributed by atoms with Gasteiger partial charge in [0.25, 0.3) is 0 Å². The fraction of sp³-hybridized carbons (Fsp3) is 0.286. The van der Waals surface area contributed by atoms with E-state index in [1.54, 1.807) is 14.2 Å². The van der Waals surface area contributed by atoms with Crippen molar-refractivity contribution in [3.8, 4) is 11.5 Å². The first-order chi connectivity index (χ1) is 8.33. The van der Waals surface area contributed by atoms with Gasteiger partial charge in [-0.05, 0) is 24.4 Å². The van der Waals surface area contributed by atoms with Crippen molar-refractivity contribution in [2.75, 3.05) is 20.8 Å². The van der Waals surface area contributed by atoms with Gasteiger partial charge in [-0.25, -0.2) is 0 Å². The van der Waals surface area contributed by atoms with Gasteiger partial charge in [-0.15, -0.1) is 0 Å². The van der Waals surface area contributed by atoms with Crippen molar-refractivity contribution in [1.82, 2.24) is 4.90 Å². The molecule has 0 radical (unpaired) electrons. The first-order valence-electron chi connectivity index (χ1n) is 5.62. The second-order valence-electron chi connectivity index (χ2n) is 3.88. The van der Waals surface area contributed by atoms with Gasteiger partial charge in [0, 0.05) is 24.7 Å². The molecule has 0 aromatic heterocycles. The number of hydrogen-bond donors (Lipinski definition) is 0. The summed E-state index contributed by atoms with van der Waals surface area (Å²) in [5.41, 5.74) is 1.16. The summed E-state index contributed by atoms with van der Waals surface area (Å²) in [4.78, 5) is 2.23. The fourth-order valence-corrected chi connectivity index (χ4v) is 1.83. The molecule has 0 saturated heterocycles. The normalized spacial score (nSPS) is 13.9. The average Bonchev–Trinajstić information content (AvgIpc) is 2.40. The molecule has 1 aromatic rings. The summed E-state index contributed by atoms with van der Waals surface area (Å²) >= 11 is 0. The third kappa shape index (κ3) is 2.81. The zero-order valence-electron chi connectivity index (χ0n) is 10.2. The Morgan fingerprint density at radius 3 is 2.71 bits per heavy atom. The number of methoxy groups -OCH3 is 2. The fourth-order valence-electron chi connectivity index (χ4n) is 1.83. The summed E-state index contributed by atoms with van der Waals surface area (Å²) in [6, 6.07) is 5.92. The molecule has 0 amide bonds. The van der Waals surface area contributed by atoms with E-state index in [2.05, 4.69) is 23.3 Å². The van der Waals surface area contributed by atoms with Gasteiger partial charge in [-0.3, -0.25) is 0 Å². The van der Waals surface area contributed by atoms with Gasteiger partial charge < -0.3 is 14.4 Å². The molecule has 17 heavy (non-hydrogen) atoms. The lowest BCUT2D eigenvalue weighted by Crippen LogP contribution is -2.18. The highest BCUT2D eigenvalue weighted by Crippen LogP contribution is 2.26.